The summed E-state index contributed by atoms with van der Waals surface area (Å²) in [5.41, 5.74) is 7.94. The smallest absolute Gasteiger partial charge is 0.317 e. The fraction of sp³-hybridized carbons (Fsp3) is 0.368. The second-order valence-electron chi connectivity index (χ2n) is 6.96. The zero-order chi connectivity index (χ0) is 20.1. The zero-order valence-corrected chi connectivity index (χ0v) is 18.7. The molecule has 3 aromatic rings. The monoisotopic (exact) mass is 499 g/mol. The Morgan fingerprint density at radius 3 is 2.39 bits per heavy atom. The first-order valence-corrected chi connectivity index (χ1v) is 8.60. The largest absolute Gasteiger partial charge is 0.480 e. The summed E-state index contributed by atoms with van der Waals surface area (Å²) in [6.45, 7) is 5.23. The molecule has 0 saturated carbocycles. The molecule has 0 bridgehead atoms. The van der Waals surface area contributed by atoms with Crippen molar-refractivity contribution in [3.05, 3.63) is 36.3 Å². The van der Waals surface area contributed by atoms with E-state index in [0.29, 0.717) is 11.4 Å². The quantitative estimate of drug-likeness (QED) is 0.522. The second kappa shape index (κ2) is 10.3. The van der Waals surface area contributed by atoms with Gasteiger partial charge in [0.05, 0.1) is 23.9 Å². The van der Waals surface area contributed by atoms with E-state index in [0.717, 1.165) is 23.0 Å². The average molecular weight is 499 g/mol. The molecule has 0 saturated heterocycles. The molecule has 152 valence electrons. The number of carbonyl (C=O) groups excluding carboxylic acids is 1. The van der Waals surface area contributed by atoms with Crippen molar-refractivity contribution >= 4 is 57.8 Å². The van der Waals surface area contributed by atoms with Gasteiger partial charge in [-0.1, -0.05) is 32.0 Å². The lowest BCUT2D eigenvalue weighted by molar-refractivity contribution is -0.137. The fourth-order valence-electron chi connectivity index (χ4n) is 2.76. The van der Waals surface area contributed by atoms with Crippen LogP contribution in [0.1, 0.15) is 24.3 Å². The minimum atomic E-state index is -0.787. The Morgan fingerprint density at radius 2 is 1.89 bits per heavy atom. The van der Waals surface area contributed by atoms with Crippen molar-refractivity contribution in [3.63, 3.8) is 0 Å². The van der Waals surface area contributed by atoms with Crippen molar-refractivity contribution in [2.45, 2.75) is 20.4 Å². The number of primary amides is 1. The number of nitrogens with zero attached hydrogens (tertiary/aromatic N) is 4. The molecule has 1 aromatic carbocycles. The van der Waals surface area contributed by atoms with Crippen molar-refractivity contribution in [1.82, 2.24) is 19.4 Å². The first-order valence-electron chi connectivity index (χ1n) is 8.60. The summed E-state index contributed by atoms with van der Waals surface area (Å²) in [5, 5.41) is 9.03. The molecular formula is C19H26IN5O3. The van der Waals surface area contributed by atoms with Crippen LogP contribution in [-0.4, -0.2) is 57.1 Å². The molecule has 3 N–H and O–H groups in total. The van der Waals surface area contributed by atoms with E-state index >= 15 is 0 Å². The van der Waals surface area contributed by atoms with Gasteiger partial charge in [-0.15, -0.1) is 24.0 Å². The Hall–Kier alpha value is -2.27. The number of carboxylic acid groups (broad SMARTS) is 1. The number of nitrogens with two attached hydrogens (primary N) is 1. The van der Waals surface area contributed by atoms with E-state index in [4.69, 9.17) is 10.8 Å². The van der Waals surface area contributed by atoms with Gasteiger partial charge in [-0.05, 0) is 26.1 Å². The molecule has 2 aromatic heterocycles. The van der Waals surface area contributed by atoms with Crippen LogP contribution < -0.4 is 5.73 Å². The van der Waals surface area contributed by atoms with Crippen LogP contribution in [0.5, 0.6) is 0 Å². The molecule has 0 fully saturated rings. The first-order chi connectivity index (χ1) is 12.7. The number of halogens is 1. The van der Waals surface area contributed by atoms with Gasteiger partial charge in [0.15, 0.2) is 5.69 Å². The molecule has 28 heavy (non-hydrogen) atoms. The molecule has 2 heterocycles. The van der Waals surface area contributed by atoms with Crippen molar-refractivity contribution in [1.29, 1.82) is 0 Å². The number of carboxylic acids is 1. The summed E-state index contributed by atoms with van der Waals surface area (Å²) >= 11 is 0. The number of rotatable bonds is 5. The van der Waals surface area contributed by atoms with Crippen LogP contribution in [0.25, 0.3) is 21.9 Å². The number of imidazole rings is 1. The highest BCUT2D eigenvalue weighted by Gasteiger charge is 2.17. The van der Waals surface area contributed by atoms with Crippen molar-refractivity contribution in [2.75, 3.05) is 20.6 Å². The Bertz CT molecular complexity index is 969. The Kier molecular flexibility index (Phi) is 8.76. The fourth-order valence-corrected chi connectivity index (χ4v) is 2.76. The maximum atomic E-state index is 11.6. The van der Waals surface area contributed by atoms with Gasteiger partial charge in [0.25, 0.3) is 5.91 Å². The van der Waals surface area contributed by atoms with Gasteiger partial charge in [0.2, 0.25) is 0 Å². The van der Waals surface area contributed by atoms with Gasteiger partial charge in [-0.25, -0.2) is 9.97 Å². The zero-order valence-electron chi connectivity index (χ0n) is 16.4. The highest BCUT2D eigenvalue weighted by molar-refractivity contribution is 14.0. The number of fused-ring (bicyclic) bond motifs is 3. The molecular weight excluding hydrogens is 473 g/mol. The number of benzene rings is 1. The molecule has 9 heteroatoms. The van der Waals surface area contributed by atoms with E-state index in [2.05, 4.69) is 28.4 Å². The van der Waals surface area contributed by atoms with E-state index in [1.807, 2.05) is 24.3 Å². The van der Waals surface area contributed by atoms with Crippen LogP contribution in [0.2, 0.25) is 0 Å². The van der Waals surface area contributed by atoms with E-state index in [1.165, 1.54) is 0 Å². The molecule has 0 radical (unpaired) electrons. The molecule has 0 spiro atoms. The third-order valence-electron chi connectivity index (χ3n) is 3.70. The normalized spacial score (nSPS) is 10.6. The number of hydrogen-bond acceptors (Lipinski definition) is 5. The Balaban J connectivity index is 0.000000425. The van der Waals surface area contributed by atoms with Crippen LogP contribution in [0.15, 0.2) is 30.6 Å². The topological polar surface area (TPSA) is 114 Å². The molecule has 0 aliphatic rings. The maximum absolute atomic E-state index is 11.6. The number of amides is 1. The van der Waals surface area contributed by atoms with E-state index in [9.17, 15) is 9.59 Å². The third kappa shape index (κ3) is 5.86. The number of pyridine rings is 1. The van der Waals surface area contributed by atoms with Gasteiger partial charge in [0.1, 0.15) is 5.52 Å². The predicted molar refractivity (Wildman–Crippen MR) is 120 cm³/mol. The minimum absolute atomic E-state index is 0. The molecule has 0 atom stereocenters. The molecule has 1 amide bonds. The van der Waals surface area contributed by atoms with Gasteiger partial charge in [0, 0.05) is 11.9 Å². The summed E-state index contributed by atoms with van der Waals surface area (Å²) in [6.07, 6.45) is 1.76. The van der Waals surface area contributed by atoms with Gasteiger partial charge < -0.3 is 15.4 Å². The second-order valence-corrected chi connectivity index (χ2v) is 6.96. The summed E-state index contributed by atoms with van der Waals surface area (Å²) in [4.78, 5) is 31.7. The molecule has 3 rings (SSSR count). The van der Waals surface area contributed by atoms with Crippen molar-refractivity contribution in [2.24, 2.45) is 11.7 Å². The van der Waals surface area contributed by atoms with Crippen LogP contribution in [0, 0.1) is 5.92 Å². The van der Waals surface area contributed by atoms with Crippen LogP contribution in [-0.2, 0) is 11.3 Å². The lowest BCUT2D eigenvalue weighted by Crippen LogP contribution is -2.20. The number of hydrogen-bond donors (Lipinski definition) is 2. The van der Waals surface area contributed by atoms with E-state index in [-0.39, 0.29) is 36.2 Å². The van der Waals surface area contributed by atoms with Crippen molar-refractivity contribution in [3.8, 4) is 0 Å². The summed E-state index contributed by atoms with van der Waals surface area (Å²) < 4.78 is 2.07. The van der Waals surface area contributed by atoms with Crippen LogP contribution >= 0.6 is 24.0 Å². The van der Waals surface area contributed by atoms with Crippen molar-refractivity contribution < 1.29 is 14.7 Å². The van der Waals surface area contributed by atoms with Crippen LogP contribution in [0.4, 0.5) is 0 Å². The van der Waals surface area contributed by atoms with Crippen LogP contribution in [0.3, 0.4) is 0 Å². The number of carbonyl (C=O) groups is 2. The SMILES string of the molecule is CC(C)Cn1cnc2c(C(N)=O)nc3ccccc3c21.CN(C)CC(=O)O.I. The lowest BCUT2D eigenvalue weighted by Gasteiger charge is -2.09. The maximum Gasteiger partial charge on any atom is 0.317 e. The average Bonchev–Trinajstić information content (AvgIpc) is 2.96. The molecule has 8 nitrogen and oxygen atoms in total. The highest BCUT2D eigenvalue weighted by atomic mass is 127. The molecule has 0 unspecified atom stereocenters. The highest BCUT2D eigenvalue weighted by Crippen LogP contribution is 2.26. The summed E-state index contributed by atoms with van der Waals surface area (Å²) in [7, 11) is 3.43. The number of aromatic nitrogens is 3. The predicted octanol–water partition coefficient (Wildman–Crippen LogP) is 2.59. The molecule has 0 aliphatic heterocycles. The minimum Gasteiger partial charge on any atom is -0.480 e. The Labute approximate surface area is 180 Å². The van der Waals surface area contributed by atoms with Gasteiger partial charge >= 0.3 is 5.97 Å². The van der Waals surface area contributed by atoms with Gasteiger partial charge in [-0.3, -0.25) is 14.5 Å². The summed E-state index contributed by atoms with van der Waals surface area (Å²) in [5.74, 6) is -0.850. The van der Waals surface area contributed by atoms with E-state index in [1.54, 1.807) is 25.3 Å². The number of para-hydroxylation sites is 1. The first kappa shape index (κ1) is 23.8. The van der Waals surface area contributed by atoms with E-state index < -0.39 is 11.9 Å². The van der Waals surface area contributed by atoms with Gasteiger partial charge in [-0.2, -0.15) is 0 Å². The number of aliphatic carboxylic acids is 1. The summed E-state index contributed by atoms with van der Waals surface area (Å²) in [6, 6.07) is 7.73. The standard InChI is InChI=1S/C15H16N4O.C4H9NO2.HI/c1-9(2)7-19-8-17-12-13(15(16)20)18-11-6-4-3-5-10(11)14(12)19;1-5(2)3-4(6)7;/h3-6,8-9H,7H2,1-2H3,(H2,16,20);3H2,1-2H3,(H,6,7);1H. The molecule has 0 aliphatic carbocycles. The lowest BCUT2D eigenvalue weighted by atomic mass is 10.1. The number of likely N-dealkylation sites (N-methyl/N-ethyl adjacent to an activating group) is 1. The third-order valence-corrected chi connectivity index (χ3v) is 3.70. The Morgan fingerprint density at radius 1 is 1.25 bits per heavy atom.